The summed E-state index contributed by atoms with van der Waals surface area (Å²) >= 11 is 0. The van der Waals surface area contributed by atoms with Crippen molar-refractivity contribution in [3.05, 3.63) is 20.9 Å². The van der Waals surface area contributed by atoms with Gasteiger partial charge in [0.15, 0.2) is 0 Å². The number of carbonyl (C=O) groups is 1. The monoisotopic (exact) mass is 153 g/mol. The Balaban J connectivity index is 3.86. The van der Waals surface area contributed by atoms with E-state index in [1.54, 1.807) is 0 Å². The molecule has 56 valence electrons. The average Bonchev–Trinajstić information content (AvgIpc) is 2.01. The van der Waals surface area contributed by atoms with Gasteiger partial charge in [-0.15, -0.1) is 0 Å². The van der Waals surface area contributed by atoms with Crippen molar-refractivity contribution in [1.29, 1.82) is 0 Å². The second-order valence-corrected chi connectivity index (χ2v) is 1.23. The molecule has 8 heteroatoms. The maximum absolute atomic E-state index is 10.4. The molecule has 0 N–H and O–H groups in total. The molecular weight excluding hydrogens is 150 g/mol. The van der Waals surface area contributed by atoms with Crippen LogP contribution in [0.25, 0.3) is 20.9 Å². The van der Waals surface area contributed by atoms with Gasteiger partial charge >= 0.3 is 0 Å². The van der Waals surface area contributed by atoms with Crippen LogP contribution in [0.1, 0.15) is 0 Å². The number of carbonyl (C=O) groups excluding carboxylic acids is 1. The quantitative estimate of drug-likeness (QED) is 0.195. The van der Waals surface area contributed by atoms with E-state index in [1.807, 2.05) is 0 Å². The average molecular weight is 153 g/mol. The fourth-order valence-corrected chi connectivity index (χ4v) is 0.246. The molecule has 0 aliphatic rings. The van der Waals surface area contributed by atoms with E-state index in [9.17, 15) is 4.79 Å². The highest BCUT2D eigenvalue weighted by Crippen LogP contribution is 1.77. The molecule has 11 heavy (non-hydrogen) atoms. The Labute approximate surface area is 60.8 Å². The largest absolute Gasteiger partial charge is 0.273 e. The topological polar surface area (TPSA) is 127 Å². The fraction of sp³-hybridized carbons (Fsp3) is 0.333. The Kier molecular flexibility index (Phi) is 4.96. The molecule has 0 bridgehead atoms. The Morgan fingerprint density at radius 2 is 2.18 bits per heavy atom. The number of amides is 1. The van der Waals surface area contributed by atoms with Crippen LogP contribution >= 0.6 is 0 Å². The highest BCUT2D eigenvalue weighted by Gasteiger charge is 1.91. The summed E-state index contributed by atoms with van der Waals surface area (Å²) in [6, 6.07) is 0. The summed E-state index contributed by atoms with van der Waals surface area (Å²) in [5.74, 6) is -0.657. The molecule has 0 aliphatic carbocycles. The predicted molar refractivity (Wildman–Crippen MR) is 36.7 cm³/mol. The first-order valence-electron chi connectivity index (χ1n) is 2.41. The van der Waals surface area contributed by atoms with Crippen LogP contribution in [0.15, 0.2) is 15.2 Å². The summed E-state index contributed by atoms with van der Waals surface area (Å²) in [4.78, 5) is 18.2. The van der Waals surface area contributed by atoms with Crippen molar-refractivity contribution in [2.75, 3.05) is 6.54 Å². The zero-order chi connectivity index (χ0) is 8.53. The van der Waals surface area contributed by atoms with Crippen LogP contribution in [0, 0.1) is 0 Å². The second kappa shape index (κ2) is 6.09. The SMILES string of the molecule is [N-]=[N+]=NC=NC(=O)CN=[N+]=[N-]. The van der Waals surface area contributed by atoms with Crippen molar-refractivity contribution in [2.24, 2.45) is 15.2 Å². The van der Waals surface area contributed by atoms with Crippen molar-refractivity contribution < 1.29 is 4.79 Å². The van der Waals surface area contributed by atoms with Crippen molar-refractivity contribution in [2.45, 2.75) is 0 Å². The van der Waals surface area contributed by atoms with Crippen LogP contribution < -0.4 is 0 Å². The summed E-state index contributed by atoms with van der Waals surface area (Å²) in [6.07, 6.45) is 0.745. The molecule has 0 fully saturated rings. The molecule has 0 rings (SSSR count). The Bertz CT molecular complexity index is 255. The third-order valence-electron chi connectivity index (χ3n) is 0.574. The van der Waals surface area contributed by atoms with Gasteiger partial charge in [0.05, 0.1) is 6.34 Å². The molecule has 0 unspecified atom stereocenters. The smallest absolute Gasteiger partial charge is 0.251 e. The Morgan fingerprint density at radius 3 is 2.73 bits per heavy atom. The van der Waals surface area contributed by atoms with Gasteiger partial charge in [-0.1, -0.05) is 5.11 Å². The number of aliphatic imine (C=N–C) groups is 1. The van der Waals surface area contributed by atoms with E-state index in [0.717, 1.165) is 6.34 Å². The zero-order valence-corrected chi connectivity index (χ0v) is 5.32. The van der Waals surface area contributed by atoms with Crippen molar-refractivity contribution in [3.8, 4) is 0 Å². The maximum Gasteiger partial charge on any atom is 0.251 e. The fourth-order valence-electron chi connectivity index (χ4n) is 0.246. The minimum Gasteiger partial charge on any atom is -0.273 e. The molecule has 0 aliphatic heterocycles. The maximum atomic E-state index is 10.4. The van der Waals surface area contributed by atoms with Crippen LogP contribution in [0.2, 0.25) is 0 Å². The summed E-state index contributed by atoms with van der Waals surface area (Å²) in [5.41, 5.74) is 15.5. The summed E-state index contributed by atoms with van der Waals surface area (Å²) < 4.78 is 0. The Morgan fingerprint density at radius 1 is 1.45 bits per heavy atom. The molecule has 0 saturated carbocycles. The molecule has 1 amide bonds. The van der Waals surface area contributed by atoms with E-state index in [4.69, 9.17) is 11.1 Å². The van der Waals surface area contributed by atoms with E-state index in [1.165, 1.54) is 0 Å². The lowest BCUT2D eigenvalue weighted by Gasteiger charge is -1.79. The van der Waals surface area contributed by atoms with Gasteiger partial charge in [-0.05, 0) is 16.2 Å². The van der Waals surface area contributed by atoms with E-state index in [2.05, 4.69) is 25.0 Å². The van der Waals surface area contributed by atoms with E-state index in [0.29, 0.717) is 0 Å². The molecule has 0 heterocycles. The number of nitrogens with zero attached hydrogens (tertiary/aromatic N) is 7. The van der Waals surface area contributed by atoms with E-state index < -0.39 is 5.91 Å². The lowest BCUT2D eigenvalue weighted by atomic mass is 10.6. The molecule has 0 spiro atoms. The standard InChI is InChI=1S/C3H3N7O/c4-9-7-1-3(11)6-2-8-10-5/h2H,1H2. The van der Waals surface area contributed by atoms with Crippen LogP contribution in [0.3, 0.4) is 0 Å². The molecule has 8 nitrogen and oxygen atoms in total. The minimum absolute atomic E-state index is 0.367. The van der Waals surface area contributed by atoms with Crippen LogP contribution in [0.5, 0.6) is 0 Å². The molecule has 0 aromatic heterocycles. The van der Waals surface area contributed by atoms with Crippen molar-refractivity contribution in [1.82, 2.24) is 0 Å². The molecule has 0 saturated heterocycles. The second-order valence-electron chi connectivity index (χ2n) is 1.23. The minimum atomic E-state index is -0.657. The summed E-state index contributed by atoms with van der Waals surface area (Å²) in [6.45, 7) is -0.367. The van der Waals surface area contributed by atoms with Gasteiger partial charge in [0.25, 0.3) is 5.91 Å². The van der Waals surface area contributed by atoms with Gasteiger partial charge in [0.1, 0.15) is 6.54 Å². The highest BCUT2D eigenvalue weighted by atomic mass is 16.1. The highest BCUT2D eigenvalue weighted by molar-refractivity contribution is 5.86. The lowest BCUT2D eigenvalue weighted by molar-refractivity contribution is -0.116. The zero-order valence-electron chi connectivity index (χ0n) is 5.32. The molecule has 0 aromatic rings. The predicted octanol–water partition coefficient (Wildman–Crippen LogP) is 1.16. The molecular formula is C3H3N7O. The van der Waals surface area contributed by atoms with Gasteiger partial charge in [-0.3, -0.25) is 4.79 Å². The summed E-state index contributed by atoms with van der Waals surface area (Å²) in [5, 5.41) is 5.79. The van der Waals surface area contributed by atoms with Crippen molar-refractivity contribution in [3.63, 3.8) is 0 Å². The first kappa shape index (κ1) is 8.96. The third-order valence-corrected chi connectivity index (χ3v) is 0.574. The normalized spacial score (nSPS) is 8.36. The van der Waals surface area contributed by atoms with Crippen molar-refractivity contribution >= 4 is 12.2 Å². The van der Waals surface area contributed by atoms with E-state index >= 15 is 0 Å². The summed E-state index contributed by atoms with van der Waals surface area (Å²) in [7, 11) is 0. The molecule has 0 atom stereocenters. The van der Waals surface area contributed by atoms with Gasteiger partial charge < -0.3 is 0 Å². The first-order valence-corrected chi connectivity index (χ1v) is 2.41. The molecule has 0 radical (unpaired) electrons. The third kappa shape index (κ3) is 5.84. The van der Waals surface area contributed by atoms with Gasteiger partial charge in [0.2, 0.25) is 0 Å². The van der Waals surface area contributed by atoms with Gasteiger partial charge in [0, 0.05) is 9.82 Å². The van der Waals surface area contributed by atoms with Gasteiger partial charge in [-0.2, -0.15) is 0 Å². The Hall–Kier alpha value is -2.04. The first-order chi connectivity index (χ1) is 5.31. The number of hydrogen-bond acceptors (Lipinski definition) is 2. The number of azide groups is 2. The van der Waals surface area contributed by atoms with Crippen LogP contribution in [-0.4, -0.2) is 18.8 Å². The molecule has 0 aromatic carbocycles. The number of hydrogen-bond donors (Lipinski definition) is 0. The van der Waals surface area contributed by atoms with Gasteiger partial charge in [-0.25, -0.2) is 4.99 Å². The van der Waals surface area contributed by atoms with Crippen LogP contribution in [0.4, 0.5) is 0 Å². The van der Waals surface area contributed by atoms with E-state index in [-0.39, 0.29) is 6.54 Å². The van der Waals surface area contributed by atoms with Crippen LogP contribution in [-0.2, 0) is 4.79 Å². The number of rotatable bonds is 3. The lowest BCUT2D eigenvalue weighted by Crippen LogP contribution is -1.96.